The maximum Gasteiger partial charge on any atom is 0.256 e. The molecule has 0 saturated heterocycles. The summed E-state index contributed by atoms with van der Waals surface area (Å²) in [5.41, 5.74) is 2.63. The SMILES string of the molecule is Cc1cc(C(=O)Nc2cccc(OCCS(C)(=O)=O)c2)c2ccccc2n1. The number of hydrogen-bond acceptors (Lipinski definition) is 5. The predicted molar refractivity (Wildman–Crippen MR) is 106 cm³/mol. The Morgan fingerprint density at radius 1 is 1.11 bits per heavy atom. The summed E-state index contributed by atoms with van der Waals surface area (Å²) in [5.74, 6) is 0.184. The van der Waals surface area contributed by atoms with Crippen LogP contribution in [-0.4, -0.2) is 37.9 Å². The summed E-state index contributed by atoms with van der Waals surface area (Å²) in [5, 5.41) is 3.64. The van der Waals surface area contributed by atoms with E-state index in [1.807, 2.05) is 31.2 Å². The number of carbonyl (C=O) groups excluding carboxylic acids is 1. The highest BCUT2D eigenvalue weighted by Gasteiger charge is 2.12. The first-order valence-corrected chi connectivity index (χ1v) is 10.5. The number of pyridine rings is 1. The molecule has 0 aliphatic heterocycles. The van der Waals surface area contributed by atoms with Crippen LogP contribution in [0, 0.1) is 6.92 Å². The van der Waals surface area contributed by atoms with Crippen LogP contribution in [0.25, 0.3) is 10.9 Å². The van der Waals surface area contributed by atoms with Crippen LogP contribution in [0.5, 0.6) is 5.75 Å². The number of rotatable bonds is 6. The molecule has 2 aromatic carbocycles. The number of carbonyl (C=O) groups is 1. The van der Waals surface area contributed by atoms with Gasteiger partial charge in [-0.25, -0.2) is 8.42 Å². The molecule has 6 nitrogen and oxygen atoms in total. The predicted octanol–water partition coefficient (Wildman–Crippen LogP) is 3.22. The summed E-state index contributed by atoms with van der Waals surface area (Å²) in [6.07, 6.45) is 1.16. The van der Waals surface area contributed by atoms with Crippen LogP contribution in [0.2, 0.25) is 0 Å². The Balaban J connectivity index is 1.78. The van der Waals surface area contributed by atoms with Crippen molar-refractivity contribution in [3.05, 3.63) is 65.9 Å². The summed E-state index contributed by atoms with van der Waals surface area (Å²) < 4.78 is 27.8. The maximum atomic E-state index is 12.8. The maximum absolute atomic E-state index is 12.8. The highest BCUT2D eigenvalue weighted by atomic mass is 32.2. The highest BCUT2D eigenvalue weighted by molar-refractivity contribution is 7.90. The topological polar surface area (TPSA) is 85.4 Å². The van der Waals surface area contributed by atoms with Crippen molar-refractivity contribution in [2.24, 2.45) is 0 Å². The number of ether oxygens (including phenoxy) is 1. The van der Waals surface area contributed by atoms with Gasteiger partial charge in [0.05, 0.1) is 16.8 Å². The van der Waals surface area contributed by atoms with E-state index >= 15 is 0 Å². The van der Waals surface area contributed by atoms with Crippen LogP contribution < -0.4 is 10.1 Å². The Labute approximate surface area is 158 Å². The number of aryl methyl sites for hydroxylation is 1. The van der Waals surface area contributed by atoms with Gasteiger partial charge in [-0.2, -0.15) is 0 Å². The minimum Gasteiger partial charge on any atom is -0.492 e. The van der Waals surface area contributed by atoms with Gasteiger partial charge in [-0.3, -0.25) is 9.78 Å². The van der Waals surface area contributed by atoms with E-state index in [1.165, 1.54) is 0 Å². The molecule has 1 heterocycles. The van der Waals surface area contributed by atoms with Gasteiger partial charge in [-0.05, 0) is 31.2 Å². The van der Waals surface area contributed by atoms with E-state index in [0.717, 1.165) is 22.9 Å². The molecule has 7 heteroatoms. The molecule has 0 spiro atoms. The molecule has 1 aromatic heterocycles. The van der Waals surface area contributed by atoms with Crippen molar-refractivity contribution in [1.82, 2.24) is 4.98 Å². The summed E-state index contributed by atoms with van der Waals surface area (Å²) in [6, 6.07) is 16.1. The Bertz CT molecular complexity index is 1090. The van der Waals surface area contributed by atoms with E-state index in [2.05, 4.69) is 10.3 Å². The summed E-state index contributed by atoms with van der Waals surface area (Å²) in [6.45, 7) is 1.91. The second kappa shape index (κ2) is 7.75. The van der Waals surface area contributed by atoms with Crippen LogP contribution >= 0.6 is 0 Å². The number of anilines is 1. The third-order valence-electron chi connectivity index (χ3n) is 3.90. The van der Waals surface area contributed by atoms with Crippen molar-refractivity contribution in [2.45, 2.75) is 6.92 Å². The average molecular weight is 384 g/mol. The van der Waals surface area contributed by atoms with Crippen LogP contribution in [0.15, 0.2) is 54.6 Å². The van der Waals surface area contributed by atoms with Gasteiger partial charge in [0, 0.05) is 29.1 Å². The largest absolute Gasteiger partial charge is 0.492 e. The number of aromatic nitrogens is 1. The molecular formula is C20H20N2O4S. The van der Waals surface area contributed by atoms with Crippen molar-refractivity contribution in [3.8, 4) is 5.75 Å². The number of fused-ring (bicyclic) bond motifs is 1. The van der Waals surface area contributed by atoms with Gasteiger partial charge in [0.15, 0.2) is 9.84 Å². The van der Waals surface area contributed by atoms with E-state index in [-0.39, 0.29) is 18.3 Å². The van der Waals surface area contributed by atoms with Gasteiger partial charge in [-0.1, -0.05) is 24.3 Å². The van der Waals surface area contributed by atoms with Crippen LogP contribution in [0.1, 0.15) is 16.1 Å². The number of nitrogens with zero attached hydrogens (tertiary/aromatic N) is 1. The molecule has 0 unspecified atom stereocenters. The number of benzene rings is 2. The molecule has 0 aliphatic carbocycles. The zero-order chi connectivity index (χ0) is 19.4. The molecule has 1 amide bonds. The second-order valence-corrected chi connectivity index (χ2v) is 8.55. The van der Waals surface area contributed by atoms with Crippen molar-refractivity contribution in [2.75, 3.05) is 23.9 Å². The molecule has 27 heavy (non-hydrogen) atoms. The first-order chi connectivity index (χ1) is 12.8. The number of sulfone groups is 1. The van der Waals surface area contributed by atoms with Crippen molar-refractivity contribution in [1.29, 1.82) is 0 Å². The van der Waals surface area contributed by atoms with Crippen LogP contribution in [0.4, 0.5) is 5.69 Å². The fourth-order valence-corrected chi connectivity index (χ4v) is 3.05. The first kappa shape index (κ1) is 18.8. The van der Waals surface area contributed by atoms with Gasteiger partial charge in [0.2, 0.25) is 0 Å². The third kappa shape index (κ3) is 5.04. The zero-order valence-electron chi connectivity index (χ0n) is 15.1. The lowest BCUT2D eigenvalue weighted by molar-refractivity contribution is 0.102. The minimum atomic E-state index is -3.08. The number of amides is 1. The minimum absolute atomic E-state index is 0.0599. The zero-order valence-corrected chi connectivity index (χ0v) is 15.9. The van der Waals surface area contributed by atoms with E-state index in [9.17, 15) is 13.2 Å². The van der Waals surface area contributed by atoms with E-state index < -0.39 is 9.84 Å². The fourth-order valence-electron chi connectivity index (χ4n) is 2.67. The molecule has 3 rings (SSSR count). The number of para-hydroxylation sites is 1. The Morgan fingerprint density at radius 3 is 2.67 bits per heavy atom. The number of nitrogens with one attached hydrogen (secondary N) is 1. The van der Waals surface area contributed by atoms with Crippen molar-refractivity contribution >= 4 is 32.3 Å². The van der Waals surface area contributed by atoms with Gasteiger partial charge < -0.3 is 10.1 Å². The molecular weight excluding hydrogens is 364 g/mol. The quantitative estimate of drug-likeness (QED) is 0.705. The summed E-state index contributed by atoms with van der Waals surface area (Å²) >= 11 is 0. The van der Waals surface area contributed by atoms with Crippen LogP contribution in [-0.2, 0) is 9.84 Å². The number of hydrogen-bond donors (Lipinski definition) is 1. The van der Waals surface area contributed by atoms with Gasteiger partial charge in [-0.15, -0.1) is 0 Å². The summed E-state index contributed by atoms with van der Waals surface area (Å²) in [4.78, 5) is 17.2. The molecule has 140 valence electrons. The fraction of sp³-hybridized carbons (Fsp3) is 0.200. The average Bonchev–Trinajstić information content (AvgIpc) is 2.60. The lowest BCUT2D eigenvalue weighted by atomic mass is 10.1. The van der Waals surface area contributed by atoms with Crippen LogP contribution in [0.3, 0.4) is 0 Å². The normalized spacial score (nSPS) is 11.3. The molecule has 0 atom stereocenters. The van der Waals surface area contributed by atoms with E-state index in [4.69, 9.17) is 4.74 Å². The molecule has 0 aliphatic rings. The molecule has 0 radical (unpaired) electrons. The standard InChI is InChI=1S/C20H20N2O4S/c1-14-12-18(17-8-3-4-9-19(17)21-14)20(23)22-15-6-5-7-16(13-15)26-10-11-27(2,24)25/h3-9,12-13H,10-11H2,1-2H3,(H,22,23). The first-order valence-electron chi connectivity index (χ1n) is 8.40. The Morgan fingerprint density at radius 2 is 1.89 bits per heavy atom. The van der Waals surface area contributed by atoms with Gasteiger partial charge >= 0.3 is 0 Å². The van der Waals surface area contributed by atoms with Crippen molar-refractivity contribution in [3.63, 3.8) is 0 Å². The molecule has 3 aromatic rings. The summed E-state index contributed by atoms with van der Waals surface area (Å²) in [7, 11) is -3.08. The second-order valence-electron chi connectivity index (χ2n) is 6.29. The lowest BCUT2D eigenvalue weighted by Gasteiger charge is -2.11. The smallest absolute Gasteiger partial charge is 0.256 e. The van der Waals surface area contributed by atoms with Gasteiger partial charge in [0.25, 0.3) is 5.91 Å². The Kier molecular flexibility index (Phi) is 5.41. The lowest BCUT2D eigenvalue weighted by Crippen LogP contribution is -2.14. The molecule has 0 fully saturated rings. The van der Waals surface area contributed by atoms with E-state index in [1.54, 1.807) is 30.3 Å². The molecule has 0 bridgehead atoms. The third-order valence-corrected chi connectivity index (χ3v) is 4.81. The van der Waals surface area contributed by atoms with Crippen molar-refractivity contribution < 1.29 is 17.9 Å². The monoisotopic (exact) mass is 384 g/mol. The molecule has 1 N–H and O–H groups in total. The Hall–Kier alpha value is -2.93. The van der Waals surface area contributed by atoms with Gasteiger partial charge in [0.1, 0.15) is 12.4 Å². The van der Waals surface area contributed by atoms with E-state index in [0.29, 0.717) is 17.0 Å². The molecule has 0 saturated carbocycles. The highest BCUT2D eigenvalue weighted by Crippen LogP contribution is 2.22.